The highest BCUT2D eigenvalue weighted by molar-refractivity contribution is 5.91. The molecule has 0 atom stereocenters. The number of hydrogen-bond donors (Lipinski definition) is 0. The van der Waals surface area contributed by atoms with Crippen LogP contribution in [0.4, 0.5) is 0 Å². The van der Waals surface area contributed by atoms with Crippen molar-refractivity contribution in [2.24, 2.45) is 0 Å². The van der Waals surface area contributed by atoms with E-state index in [1.807, 2.05) is 13.0 Å². The predicted octanol–water partition coefficient (Wildman–Crippen LogP) is 4.03. The van der Waals surface area contributed by atoms with E-state index >= 15 is 0 Å². The molecule has 0 fully saturated rings. The van der Waals surface area contributed by atoms with Crippen LogP contribution in [0.2, 0.25) is 0 Å². The van der Waals surface area contributed by atoms with Crippen molar-refractivity contribution in [3.05, 3.63) is 53.6 Å². The topological polar surface area (TPSA) is 54.0 Å². The molecule has 0 amide bonds. The molecule has 0 heterocycles. The Hall–Kier alpha value is -2.53. The van der Waals surface area contributed by atoms with Crippen molar-refractivity contribution in [3.8, 4) is 17.2 Å². The highest BCUT2D eigenvalue weighted by Gasteiger charge is 2.11. The van der Waals surface area contributed by atoms with Crippen molar-refractivity contribution in [1.29, 1.82) is 0 Å². The van der Waals surface area contributed by atoms with Gasteiger partial charge in [-0.1, -0.05) is 0 Å². The van der Waals surface area contributed by atoms with Gasteiger partial charge < -0.3 is 18.9 Å². The molecule has 0 aliphatic rings. The number of carbonyl (C=O) groups excluding carboxylic acids is 1. The van der Waals surface area contributed by atoms with Crippen LogP contribution in [0.15, 0.2) is 42.5 Å². The molecule has 0 aromatic heterocycles. The first-order valence-corrected chi connectivity index (χ1v) is 8.22. The van der Waals surface area contributed by atoms with E-state index in [2.05, 4.69) is 0 Å². The quantitative estimate of drug-likeness (QED) is 0.390. The molecule has 5 nitrogen and oxygen atoms in total. The minimum Gasteiger partial charge on any atom is -0.497 e. The lowest BCUT2D eigenvalue weighted by molar-refractivity contribution is 0.0733. The molecule has 0 bridgehead atoms. The molecule has 2 rings (SSSR count). The van der Waals surface area contributed by atoms with Crippen molar-refractivity contribution in [3.63, 3.8) is 0 Å². The van der Waals surface area contributed by atoms with Crippen molar-refractivity contribution < 1.29 is 23.7 Å². The number of carbonyl (C=O) groups is 1. The largest absolute Gasteiger partial charge is 0.497 e. The van der Waals surface area contributed by atoms with E-state index in [1.54, 1.807) is 50.6 Å². The van der Waals surface area contributed by atoms with Gasteiger partial charge in [0.25, 0.3) is 0 Å². The second kappa shape index (κ2) is 9.69. The number of methoxy groups -OCH3 is 2. The molecule has 5 heteroatoms. The van der Waals surface area contributed by atoms with Crippen LogP contribution in [0.1, 0.15) is 28.8 Å². The van der Waals surface area contributed by atoms with Crippen LogP contribution in [0.5, 0.6) is 17.2 Å². The van der Waals surface area contributed by atoms with E-state index in [9.17, 15) is 4.79 Å². The molecule has 0 N–H and O–H groups in total. The average Bonchev–Trinajstić information content (AvgIpc) is 2.63. The standard InChI is InChI=1S/C20H24O5/c1-15-14-18(23-3)10-11-19(15)25-20(21)16-6-8-17(9-7-16)24-13-5-4-12-22-2/h6-11,14H,4-5,12-13H2,1-3H3. The Labute approximate surface area is 148 Å². The Morgan fingerprint density at radius 2 is 1.60 bits per heavy atom. The maximum atomic E-state index is 12.3. The third-order valence-electron chi connectivity index (χ3n) is 3.69. The maximum Gasteiger partial charge on any atom is 0.343 e. The Morgan fingerprint density at radius 3 is 2.24 bits per heavy atom. The molecule has 134 valence electrons. The monoisotopic (exact) mass is 344 g/mol. The molecule has 0 saturated heterocycles. The summed E-state index contributed by atoms with van der Waals surface area (Å²) in [7, 11) is 3.29. The molecule has 0 aliphatic heterocycles. The van der Waals surface area contributed by atoms with Crippen LogP contribution in [-0.2, 0) is 4.74 Å². The van der Waals surface area contributed by atoms with Crippen LogP contribution < -0.4 is 14.2 Å². The van der Waals surface area contributed by atoms with E-state index in [0.717, 1.165) is 36.5 Å². The number of rotatable bonds is 9. The van der Waals surface area contributed by atoms with Crippen LogP contribution in [0.3, 0.4) is 0 Å². The lowest BCUT2D eigenvalue weighted by atomic mass is 10.2. The summed E-state index contributed by atoms with van der Waals surface area (Å²) in [5, 5.41) is 0. The lowest BCUT2D eigenvalue weighted by Gasteiger charge is -2.10. The zero-order chi connectivity index (χ0) is 18.1. The SMILES string of the molecule is COCCCCOc1ccc(C(=O)Oc2ccc(OC)cc2C)cc1. The molecule has 0 spiro atoms. The highest BCUT2D eigenvalue weighted by Crippen LogP contribution is 2.24. The first-order chi connectivity index (χ1) is 12.1. The third-order valence-corrected chi connectivity index (χ3v) is 3.69. The number of benzene rings is 2. The second-order valence-corrected chi connectivity index (χ2v) is 5.59. The van der Waals surface area contributed by atoms with Gasteiger partial charge in [0.2, 0.25) is 0 Å². The molecule has 0 unspecified atom stereocenters. The summed E-state index contributed by atoms with van der Waals surface area (Å²) in [4.78, 5) is 12.3. The average molecular weight is 344 g/mol. The van der Waals surface area contributed by atoms with Gasteiger partial charge in [0.15, 0.2) is 0 Å². The van der Waals surface area contributed by atoms with Gasteiger partial charge >= 0.3 is 5.97 Å². The molecule has 25 heavy (non-hydrogen) atoms. The minimum absolute atomic E-state index is 0.403. The zero-order valence-electron chi connectivity index (χ0n) is 14.9. The van der Waals surface area contributed by atoms with Gasteiger partial charge in [0.05, 0.1) is 19.3 Å². The van der Waals surface area contributed by atoms with Gasteiger partial charge in [-0.05, 0) is 67.8 Å². The molecular formula is C20H24O5. The molecule has 2 aromatic rings. The Bertz CT molecular complexity index is 679. The fourth-order valence-corrected chi connectivity index (χ4v) is 2.25. The first-order valence-electron chi connectivity index (χ1n) is 8.22. The van der Waals surface area contributed by atoms with Crippen LogP contribution in [0.25, 0.3) is 0 Å². The fraction of sp³-hybridized carbons (Fsp3) is 0.350. The van der Waals surface area contributed by atoms with Gasteiger partial charge in [-0.3, -0.25) is 0 Å². The van der Waals surface area contributed by atoms with Gasteiger partial charge in [-0.25, -0.2) is 4.79 Å². The van der Waals surface area contributed by atoms with Crippen molar-refractivity contribution in [1.82, 2.24) is 0 Å². The van der Waals surface area contributed by atoms with E-state index in [-0.39, 0.29) is 0 Å². The number of unbranched alkanes of at least 4 members (excludes halogenated alkanes) is 1. The van der Waals surface area contributed by atoms with E-state index in [1.165, 1.54) is 0 Å². The molecular weight excluding hydrogens is 320 g/mol. The summed E-state index contributed by atoms with van der Waals surface area (Å²) in [6, 6.07) is 12.3. The van der Waals surface area contributed by atoms with Crippen molar-refractivity contribution in [2.45, 2.75) is 19.8 Å². The molecule has 0 saturated carbocycles. The van der Waals surface area contributed by atoms with Crippen molar-refractivity contribution in [2.75, 3.05) is 27.4 Å². The summed E-state index contributed by atoms with van der Waals surface area (Å²) in [6.45, 7) is 3.22. The smallest absolute Gasteiger partial charge is 0.343 e. The van der Waals surface area contributed by atoms with Gasteiger partial charge in [-0.2, -0.15) is 0 Å². The summed E-state index contributed by atoms with van der Waals surface area (Å²) >= 11 is 0. The highest BCUT2D eigenvalue weighted by atomic mass is 16.5. The fourth-order valence-electron chi connectivity index (χ4n) is 2.25. The minimum atomic E-state index is -0.403. The van der Waals surface area contributed by atoms with Crippen LogP contribution >= 0.6 is 0 Å². The summed E-state index contributed by atoms with van der Waals surface area (Å²) < 4.78 is 21.2. The van der Waals surface area contributed by atoms with Crippen LogP contribution in [0, 0.1) is 6.92 Å². The Kier molecular flexibility index (Phi) is 7.29. The molecule has 0 aliphatic carbocycles. The number of ether oxygens (including phenoxy) is 4. The van der Waals surface area contributed by atoms with Gasteiger partial charge in [-0.15, -0.1) is 0 Å². The van der Waals surface area contributed by atoms with Gasteiger partial charge in [0, 0.05) is 13.7 Å². The lowest BCUT2D eigenvalue weighted by Crippen LogP contribution is -2.09. The summed E-state index contributed by atoms with van der Waals surface area (Å²) in [5.41, 5.74) is 1.31. The molecule has 0 radical (unpaired) electrons. The number of esters is 1. The number of aryl methyl sites for hydroxylation is 1. The van der Waals surface area contributed by atoms with Gasteiger partial charge in [0.1, 0.15) is 17.2 Å². The second-order valence-electron chi connectivity index (χ2n) is 5.59. The molecule has 2 aromatic carbocycles. The van der Waals surface area contributed by atoms with E-state index in [4.69, 9.17) is 18.9 Å². The van der Waals surface area contributed by atoms with Crippen LogP contribution in [-0.4, -0.2) is 33.4 Å². The zero-order valence-corrected chi connectivity index (χ0v) is 14.9. The van der Waals surface area contributed by atoms with E-state index < -0.39 is 5.97 Å². The third kappa shape index (κ3) is 5.80. The van der Waals surface area contributed by atoms with Crippen molar-refractivity contribution >= 4 is 5.97 Å². The normalized spacial score (nSPS) is 10.4. The summed E-state index contributed by atoms with van der Waals surface area (Å²) in [6.07, 6.45) is 1.89. The first kappa shape index (κ1) is 18.8. The Balaban J connectivity index is 1.89. The Morgan fingerprint density at radius 1 is 0.920 bits per heavy atom. The maximum absolute atomic E-state index is 12.3. The summed E-state index contributed by atoms with van der Waals surface area (Å²) in [5.74, 6) is 1.57. The number of hydrogen-bond acceptors (Lipinski definition) is 5. The van der Waals surface area contributed by atoms with E-state index in [0.29, 0.717) is 17.9 Å². The predicted molar refractivity (Wildman–Crippen MR) is 95.7 cm³/mol.